The number of aryl methyl sites for hydroxylation is 1. The zero-order chi connectivity index (χ0) is 13.4. The van der Waals surface area contributed by atoms with Crippen molar-refractivity contribution in [3.63, 3.8) is 0 Å². The van der Waals surface area contributed by atoms with E-state index < -0.39 is 0 Å². The molecule has 3 rings (SSSR count). The summed E-state index contributed by atoms with van der Waals surface area (Å²) in [5, 5.41) is 0.685. The maximum absolute atomic E-state index is 6.18. The fraction of sp³-hybridized carbons (Fsp3) is 0.533. The second kappa shape index (κ2) is 5.08. The summed E-state index contributed by atoms with van der Waals surface area (Å²) in [5.74, 6) is 1.85. The van der Waals surface area contributed by atoms with E-state index in [0.717, 1.165) is 5.52 Å². The van der Waals surface area contributed by atoms with Crippen LogP contribution in [-0.4, -0.2) is 20.6 Å². The van der Waals surface area contributed by atoms with Crippen LogP contribution < -0.4 is 5.73 Å². The first kappa shape index (κ1) is 12.9. The highest BCUT2D eigenvalue weighted by atomic mass is 32.2. The molecule has 1 saturated carbocycles. The third kappa shape index (κ3) is 2.22. The molecular weight excluding hydrogens is 254 g/mol. The molecule has 2 aromatic rings. The summed E-state index contributed by atoms with van der Waals surface area (Å²) in [6.07, 6.45) is 3.82. The van der Waals surface area contributed by atoms with Crippen molar-refractivity contribution in [2.75, 3.05) is 11.5 Å². The van der Waals surface area contributed by atoms with Crippen LogP contribution in [0, 0.1) is 6.92 Å². The molecule has 0 radical (unpaired) electrons. The van der Waals surface area contributed by atoms with Gasteiger partial charge in [-0.15, -0.1) is 0 Å². The molecule has 1 aliphatic rings. The average Bonchev–Trinajstić information content (AvgIpc) is 2.93. The molecule has 0 saturated heterocycles. The van der Waals surface area contributed by atoms with E-state index in [9.17, 15) is 0 Å². The zero-order valence-corrected chi connectivity index (χ0v) is 12.4. The number of nitrogen functional groups attached to an aromatic ring is 1. The van der Waals surface area contributed by atoms with Crippen molar-refractivity contribution >= 4 is 28.7 Å². The predicted molar refractivity (Wildman–Crippen MR) is 83.7 cm³/mol. The van der Waals surface area contributed by atoms with Gasteiger partial charge in [0.05, 0.1) is 11.0 Å². The van der Waals surface area contributed by atoms with Crippen LogP contribution in [0.5, 0.6) is 0 Å². The minimum Gasteiger partial charge on any atom is -0.369 e. The summed E-state index contributed by atoms with van der Waals surface area (Å²) in [5.41, 5.74) is 9.68. The summed E-state index contributed by atoms with van der Waals surface area (Å²) in [6, 6.07) is 6.90. The van der Waals surface area contributed by atoms with Crippen LogP contribution in [0.1, 0.15) is 37.8 Å². The molecule has 2 atom stereocenters. The van der Waals surface area contributed by atoms with Crippen molar-refractivity contribution in [2.24, 2.45) is 0 Å². The van der Waals surface area contributed by atoms with Crippen LogP contribution >= 0.6 is 11.8 Å². The van der Waals surface area contributed by atoms with E-state index >= 15 is 0 Å². The Balaban J connectivity index is 2.08. The van der Waals surface area contributed by atoms with Gasteiger partial charge in [0.1, 0.15) is 0 Å². The molecule has 2 unspecified atom stereocenters. The summed E-state index contributed by atoms with van der Waals surface area (Å²) in [4.78, 5) is 4.52. The fourth-order valence-corrected chi connectivity index (χ4v) is 4.42. The van der Waals surface area contributed by atoms with Gasteiger partial charge < -0.3 is 10.3 Å². The van der Waals surface area contributed by atoms with Crippen molar-refractivity contribution in [1.29, 1.82) is 0 Å². The normalized spacial score (nSPS) is 23.3. The number of anilines is 1. The summed E-state index contributed by atoms with van der Waals surface area (Å²) in [6.45, 7) is 4.36. The molecule has 3 nitrogen and oxygen atoms in total. The van der Waals surface area contributed by atoms with E-state index in [0.29, 0.717) is 17.2 Å². The molecule has 1 aromatic carbocycles. The molecule has 4 heteroatoms. The molecule has 0 spiro atoms. The number of hydrogen-bond donors (Lipinski definition) is 1. The Labute approximate surface area is 118 Å². The summed E-state index contributed by atoms with van der Waals surface area (Å²) >= 11 is 2.06. The highest BCUT2D eigenvalue weighted by molar-refractivity contribution is 7.99. The van der Waals surface area contributed by atoms with Gasteiger partial charge in [0.15, 0.2) is 0 Å². The van der Waals surface area contributed by atoms with Crippen molar-refractivity contribution in [2.45, 2.75) is 44.4 Å². The minimum absolute atomic E-state index is 0.511. The Kier molecular flexibility index (Phi) is 3.44. The predicted octanol–water partition coefficient (Wildman–Crippen LogP) is 3.77. The number of nitrogens with zero attached hydrogens (tertiary/aromatic N) is 2. The van der Waals surface area contributed by atoms with E-state index in [-0.39, 0.29) is 0 Å². The van der Waals surface area contributed by atoms with E-state index in [2.05, 4.69) is 53.4 Å². The lowest BCUT2D eigenvalue weighted by Gasteiger charge is -2.22. The molecule has 19 heavy (non-hydrogen) atoms. The minimum atomic E-state index is 0.511. The molecular formula is C15H21N3S. The average molecular weight is 275 g/mol. The Morgan fingerprint density at radius 3 is 3.05 bits per heavy atom. The molecule has 2 N–H and O–H groups in total. The van der Waals surface area contributed by atoms with Gasteiger partial charge in [-0.25, -0.2) is 4.98 Å². The lowest BCUT2D eigenvalue weighted by Crippen LogP contribution is -2.18. The second-order valence-electron chi connectivity index (χ2n) is 5.32. The third-order valence-corrected chi connectivity index (χ3v) is 5.31. The van der Waals surface area contributed by atoms with E-state index in [1.54, 1.807) is 0 Å². The Bertz CT molecular complexity index is 590. The van der Waals surface area contributed by atoms with Gasteiger partial charge in [0.2, 0.25) is 5.95 Å². The standard InChI is InChI=1S/C15H21N3S/c1-3-19-14-6-4-5-12(14)18-13-9-10(2)7-8-11(13)17-15(18)16/h7-9,12,14H,3-6H2,1-2H3,(H2,16,17). The van der Waals surface area contributed by atoms with Crippen molar-refractivity contribution < 1.29 is 0 Å². The lowest BCUT2D eigenvalue weighted by molar-refractivity contribution is 0.549. The van der Waals surface area contributed by atoms with Crippen molar-refractivity contribution in [1.82, 2.24) is 9.55 Å². The van der Waals surface area contributed by atoms with Gasteiger partial charge in [0.25, 0.3) is 0 Å². The first-order valence-electron chi connectivity index (χ1n) is 7.06. The van der Waals surface area contributed by atoms with Gasteiger partial charge in [-0.3, -0.25) is 0 Å². The van der Waals surface area contributed by atoms with E-state index in [4.69, 9.17) is 5.73 Å². The van der Waals surface area contributed by atoms with Crippen LogP contribution in [0.3, 0.4) is 0 Å². The monoisotopic (exact) mass is 275 g/mol. The van der Waals surface area contributed by atoms with Gasteiger partial charge in [0, 0.05) is 11.3 Å². The van der Waals surface area contributed by atoms with Crippen LogP contribution in [0.2, 0.25) is 0 Å². The molecule has 1 fully saturated rings. The fourth-order valence-electron chi connectivity index (χ4n) is 3.18. The van der Waals surface area contributed by atoms with Crippen molar-refractivity contribution in [3.05, 3.63) is 23.8 Å². The van der Waals surface area contributed by atoms with Gasteiger partial charge >= 0.3 is 0 Å². The molecule has 1 aliphatic carbocycles. The van der Waals surface area contributed by atoms with Gasteiger partial charge in [-0.2, -0.15) is 11.8 Å². The highest BCUT2D eigenvalue weighted by Crippen LogP contribution is 2.41. The number of aromatic nitrogens is 2. The van der Waals surface area contributed by atoms with Gasteiger partial charge in [-0.05, 0) is 43.2 Å². The Hall–Kier alpha value is -1.16. The first-order chi connectivity index (χ1) is 9.20. The van der Waals surface area contributed by atoms with Gasteiger partial charge in [-0.1, -0.05) is 19.4 Å². The number of thioether (sulfide) groups is 1. The SMILES string of the molecule is CCSC1CCCC1n1c(N)nc2ccc(C)cc21. The summed E-state index contributed by atoms with van der Waals surface area (Å²) in [7, 11) is 0. The first-order valence-corrected chi connectivity index (χ1v) is 8.11. The molecule has 1 heterocycles. The number of imidazole rings is 1. The molecule has 0 aliphatic heterocycles. The summed E-state index contributed by atoms with van der Waals surface area (Å²) < 4.78 is 2.28. The number of benzene rings is 1. The third-order valence-electron chi connectivity index (χ3n) is 4.00. The maximum Gasteiger partial charge on any atom is 0.201 e. The number of hydrogen-bond acceptors (Lipinski definition) is 3. The quantitative estimate of drug-likeness (QED) is 0.927. The molecule has 0 amide bonds. The molecule has 102 valence electrons. The molecule has 0 bridgehead atoms. The maximum atomic E-state index is 6.18. The largest absolute Gasteiger partial charge is 0.369 e. The second-order valence-corrected chi connectivity index (χ2v) is 6.84. The van der Waals surface area contributed by atoms with Crippen LogP contribution in [0.25, 0.3) is 11.0 Å². The Morgan fingerprint density at radius 1 is 1.42 bits per heavy atom. The number of rotatable bonds is 3. The van der Waals surface area contributed by atoms with Crippen molar-refractivity contribution in [3.8, 4) is 0 Å². The molecule has 1 aromatic heterocycles. The zero-order valence-electron chi connectivity index (χ0n) is 11.6. The van der Waals surface area contributed by atoms with Crippen LogP contribution in [-0.2, 0) is 0 Å². The van der Waals surface area contributed by atoms with Crippen LogP contribution in [0.4, 0.5) is 5.95 Å². The highest BCUT2D eigenvalue weighted by Gasteiger charge is 2.31. The smallest absolute Gasteiger partial charge is 0.201 e. The van der Waals surface area contributed by atoms with E-state index in [1.165, 1.54) is 36.1 Å². The topological polar surface area (TPSA) is 43.8 Å². The number of fused-ring (bicyclic) bond motifs is 1. The van der Waals surface area contributed by atoms with E-state index in [1.807, 2.05) is 0 Å². The lowest BCUT2D eigenvalue weighted by atomic mass is 10.2. The van der Waals surface area contributed by atoms with Crippen LogP contribution in [0.15, 0.2) is 18.2 Å². The number of nitrogens with two attached hydrogens (primary N) is 1. The Morgan fingerprint density at radius 2 is 2.26 bits per heavy atom.